The number of thioether (sulfide) groups is 1. The monoisotopic (exact) mass is 266 g/mol. The Hall–Kier alpha value is -2.16. The predicted molar refractivity (Wildman–Crippen MR) is 64.3 cm³/mol. The topological polar surface area (TPSA) is 120 Å². The van der Waals surface area contributed by atoms with Crippen molar-refractivity contribution in [2.45, 2.75) is 12.1 Å². The summed E-state index contributed by atoms with van der Waals surface area (Å²) in [5.74, 6) is 5.04. The fourth-order valence-electron chi connectivity index (χ4n) is 1.18. The standard InChI is InChI=1S/C9H10N6O2S/c1-5-2-12-6(3-11-5)8-13-14-9(15(8)10)18-4-7(16)17/h2-3H,4,10H2,1H3,(H,16,17). The second-order valence-corrected chi connectivity index (χ2v) is 4.34. The zero-order chi connectivity index (χ0) is 13.1. The highest BCUT2D eigenvalue weighted by Gasteiger charge is 2.14. The molecule has 0 radical (unpaired) electrons. The first-order valence-electron chi connectivity index (χ1n) is 4.92. The van der Waals surface area contributed by atoms with Gasteiger partial charge in [0, 0.05) is 6.20 Å². The third-order valence-electron chi connectivity index (χ3n) is 2.00. The number of aliphatic carboxylic acids is 1. The molecule has 0 atom stereocenters. The predicted octanol–water partition coefficient (Wildman–Crippen LogP) is -0.0660. The number of carbonyl (C=O) groups is 1. The second kappa shape index (κ2) is 5.00. The largest absolute Gasteiger partial charge is 0.481 e. The van der Waals surface area contributed by atoms with Crippen LogP contribution in [0.5, 0.6) is 0 Å². The molecule has 2 aromatic heterocycles. The van der Waals surface area contributed by atoms with Gasteiger partial charge in [-0.3, -0.25) is 9.78 Å². The number of carboxylic acids is 1. The van der Waals surface area contributed by atoms with Gasteiger partial charge in [0.15, 0.2) is 0 Å². The van der Waals surface area contributed by atoms with E-state index < -0.39 is 5.97 Å². The molecule has 0 fully saturated rings. The van der Waals surface area contributed by atoms with Gasteiger partial charge in [-0.25, -0.2) is 9.66 Å². The van der Waals surface area contributed by atoms with Gasteiger partial charge in [-0.2, -0.15) is 0 Å². The van der Waals surface area contributed by atoms with Gasteiger partial charge < -0.3 is 10.9 Å². The molecule has 0 unspecified atom stereocenters. The van der Waals surface area contributed by atoms with Crippen LogP contribution < -0.4 is 5.84 Å². The van der Waals surface area contributed by atoms with Crippen LogP contribution in [0.3, 0.4) is 0 Å². The Labute approximate surface area is 106 Å². The zero-order valence-corrected chi connectivity index (χ0v) is 10.3. The van der Waals surface area contributed by atoms with E-state index in [2.05, 4.69) is 20.2 Å². The molecule has 0 aliphatic rings. The maximum Gasteiger partial charge on any atom is 0.313 e. The highest BCUT2D eigenvalue weighted by Crippen LogP contribution is 2.19. The van der Waals surface area contributed by atoms with Crippen molar-refractivity contribution in [2.75, 3.05) is 11.6 Å². The lowest BCUT2D eigenvalue weighted by atomic mass is 10.4. The lowest BCUT2D eigenvalue weighted by molar-refractivity contribution is -0.133. The molecule has 0 spiro atoms. The number of carboxylic acid groups (broad SMARTS) is 1. The Bertz CT molecular complexity index is 567. The van der Waals surface area contributed by atoms with Gasteiger partial charge >= 0.3 is 5.97 Å². The maximum atomic E-state index is 10.5. The number of hydrogen-bond acceptors (Lipinski definition) is 7. The quantitative estimate of drug-likeness (QED) is 0.583. The van der Waals surface area contributed by atoms with Crippen molar-refractivity contribution in [2.24, 2.45) is 0 Å². The molecule has 0 aromatic carbocycles. The average Bonchev–Trinajstić information content (AvgIpc) is 2.69. The molecular formula is C9H10N6O2S. The Morgan fingerprint density at radius 2 is 2.22 bits per heavy atom. The number of rotatable bonds is 4. The fourth-order valence-corrected chi connectivity index (χ4v) is 1.76. The molecule has 18 heavy (non-hydrogen) atoms. The van der Waals surface area contributed by atoms with Crippen LogP contribution in [0.1, 0.15) is 5.69 Å². The first kappa shape index (κ1) is 12.3. The van der Waals surface area contributed by atoms with Gasteiger partial charge in [0.25, 0.3) is 0 Å². The van der Waals surface area contributed by atoms with Crippen LogP contribution in [0.4, 0.5) is 0 Å². The third kappa shape index (κ3) is 2.56. The van der Waals surface area contributed by atoms with Crippen LogP contribution in [0, 0.1) is 6.92 Å². The first-order chi connectivity index (χ1) is 8.58. The van der Waals surface area contributed by atoms with Crippen molar-refractivity contribution >= 4 is 17.7 Å². The van der Waals surface area contributed by atoms with E-state index in [9.17, 15) is 4.79 Å². The Kier molecular flexibility index (Phi) is 3.42. The Balaban J connectivity index is 2.25. The Morgan fingerprint density at radius 3 is 2.83 bits per heavy atom. The lowest BCUT2D eigenvalue weighted by Crippen LogP contribution is -2.13. The van der Waals surface area contributed by atoms with E-state index in [0.29, 0.717) is 16.7 Å². The molecule has 2 aromatic rings. The van der Waals surface area contributed by atoms with Crippen molar-refractivity contribution in [1.29, 1.82) is 0 Å². The zero-order valence-electron chi connectivity index (χ0n) is 9.44. The highest BCUT2D eigenvalue weighted by atomic mass is 32.2. The SMILES string of the molecule is Cc1cnc(-c2nnc(SCC(=O)O)n2N)cn1. The number of nitrogens with zero attached hydrogens (tertiary/aromatic N) is 5. The van der Waals surface area contributed by atoms with Gasteiger partial charge in [0.1, 0.15) is 5.69 Å². The summed E-state index contributed by atoms with van der Waals surface area (Å²) in [6.07, 6.45) is 3.13. The van der Waals surface area contributed by atoms with Crippen LogP contribution in [-0.2, 0) is 4.79 Å². The molecule has 0 aliphatic heterocycles. The van der Waals surface area contributed by atoms with E-state index in [4.69, 9.17) is 10.9 Å². The molecular weight excluding hydrogens is 256 g/mol. The van der Waals surface area contributed by atoms with Crippen LogP contribution in [0.25, 0.3) is 11.5 Å². The second-order valence-electron chi connectivity index (χ2n) is 3.40. The van der Waals surface area contributed by atoms with E-state index in [1.54, 1.807) is 6.20 Å². The number of hydrogen-bond donors (Lipinski definition) is 2. The normalized spacial score (nSPS) is 10.5. The first-order valence-corrected chi connectivity index (χ1v) is 5.90. The van der Waals surface area contributed by atoms with Gasteiger partial charge in [0.2, 0.25) is 11.0 Å². The van der Waals surface area contributed by atoms with Crippen molar-refractivity contribution < 1.29 is 9.90 Å². The highest BCUT2D eigenvalue weighted by molar-refractivity contribution is 7.99. The number of nitrogens with two attached hydrogens (primary N) is 1. The minimum Gasteiger partial charge on any atom is -0.481 e. The molecule has 3 N–H and O–H groups in total. The van der Waals surface area contributed by atoms with Crippen LogP contribution in [0.2, 0.25) is 0 Å². The molecule has 8 nitrogen and oxygen atoms in total. The maximum absolute atomic E-state index is 10.5. The van der Waals surface area contributed by atoms with Gasteiger partial charge in [-0.05, 0) is 6.92 Å². The number of nitrogen functional groups attached to an aromatic ring is 1. The molecule has 0 aliphatic carbocycles. The van der Waals surface area contributed by atoms with Crippen molar-refractivity contribution in [1.82, 2.24) is 24.8 Å². The van der Waals surface area contributed by atoms with Crippen LogP contribution >= 0.6 is 11.8 Å². The summed E-state index contributed by atoms with van der Waals surface area (Å²) in [5, 5.41) is 16.6. The van der Waals surface area contributed by atoms with Gasteiger partial charge in [0.05, 0.1) is 17.6 Å². The molecule has 2 heterocycles. The van der Waals surface area contributed by atoms with Gasteiger partial charge in [-0.15, -0.1) is 10.2 Å². The van der Waals surface area contributed by atoms with E-state index in [1.807, 2.05) is 6.92 Å². The Morgan fingerprint density at radius 1 is 1.44 bits per heavy atom. The summed E-state index contributed by atoms with van der Waals surface area (Å²) in [7, 11) is 0. The fraction of sp³-hybridized carbons (Fsp3) is 0.222. The molecule has 0 amide bonds. The third-order valence-corrected chi connectivity index (χ3v) is 2.93. The summed E-state index contributed by atoms with van der Waals surface area (Å²) < 4.78 is 1.20. The van der Waals surface area contributed by atoms with Crippen molar-refractivity contribution in [3.8, 4) is 11.5 Å². The lowest BCUT2D eigenvalue weighted by Gasteiger charge is -2.01. The summed E-state index contributed by atoms with van der Waals surface area (Å²) in [6, 6.07) is 0. The smallest absolute Gasteiger partial charge is 0.313 e. The summed E-state index contributed by atoms with van der Waals surface area (Å²) in [4.78, 5) is 18.7. The van der Waals surface area contributed by atoms with E-state index in [0.717, 1.165) is 17.5 Å². The molecule has 2 rings (SSSR count). The number of aryl methyl sites for hydroxylation is 1. The summed E-state index contributed by atoms with van der Waals surface area (Å²) in [5.41, 5.74) is 1.26. The van der Waals surface area contributed by atoms with Crippen molar-refractivity contribution in [3.63, 3.8) is 0 Å². The van der Waals surface area contributed by atoms with E-state index in [-0.39, 0.29) is 5.75 Å². The summed E-state index contributed by atoms with van der Waals surface area (Å²) in [6.45, 7) is 1.82. The number of aromatic nitrogens is 5. The van der Waals surface area contributed by atoms with E-state index >= 15 is 0 Å². The molecule has 0 bridgehead atoms. The summed E-state index contributed by atoms with van der Waals surface area (Å²) >= 11 is 0.990. The van der Waals surface area contributed by atoms with Crippen LogP contribution in [0.15, 0.2) is 17.6 Å². The van der Waals surface area contributed by atoms with Crippen LogP contribution in [-0.4, -0.2) is 41.7 Å². The molecule has 94 valence electrons. The van der Waals surface area contributed by atoms with Gasteiger partial charge in [-0.1, -0.05) is 11.8 Å². The minimum absolute atomic E-state index is 0.130. The average molecular weight is 266 g/mol. The molecule has 9 heteroatoms. The molecule has 0 saturated heterocycles. The minimum atomic E-state index is -0.945. The van der Waals surface area contributed by atoms with Crippen molar-refractivity contribution in [3.05, 3.63) is 18.1 Å². The van der Waals surface area contributed by atoms with E-state index in [1.165, 1.54) is 10.9 Å². The molecule has 0 saturated carbocycles.